The van der Waals surface area contributed by atoms with E-state index in [1.165, 1.54) is 11.8 Å². The molecule has 1 aromatic rings. The molecular formula is C13H18N4. The number of nitrogens with zero attached hydrogens (tertiary/aromatic N) is 2. The van der Waals surface area contributed by atoms with Crippen LogP contribution in [0.25, 0.3) is 0 Å². The maximum atomic E-state index is 7.96. The van der Waals surface area contributed by atoms with Crippen molar-refractivity contribution in [3.63, 3.8) is 0 Å². The summed E-state index contributed by atoms with van der Waals surface area (Å²) in [5.74, 6) is 1.02. The molecule has 0 bridgehead atoms. The molecule has 0 radical (unpaired) electrons. The van der Waals surface area contributed by atoms with Crippen LogP contribution in [0.5, 0.6) is 0 Å². The smallest absolute Gasteiger partial charge is 0.132 e. The van der Waals surface area contributed by atoms with Crippen molar-refractivity contribution in [1.29, 1.82) is 5.41 Å². The van der Waals surface area contributed by atoms with Crippen molar-refractivity contribution < 1.29 is 0 Å². The Balaban J connectivity index is 2.43. The van der Waals surface area contributed by atoms with Crippen molar-refractivity contribution in [3.8, 4) is 0 Å². The molecule has 0 saturated carbocycles. The Morgan fingerprint density at radius 2 is 2.35 bits per heavy atom. The van der Waals surface area contributed by atoms with Gasteiger partial charge in [-0.1, -0.05) is 0 Å². The third-order valence-corrected chi connectivity index (χ3v) is 3.08. The average molecular weight is 230 g/mol. The lowest BCUT2D eigenvalue weighted by Gasteiger charge is -2.22. The van der Waals surface area contributed by atoms with E-state index in [2.05, 4.69) is 23.7 Å². The van der Waals surface area contributed by atoms with Gasteiger partial charge in [0.05, 0.1) is 5.71 Å². The second kappa shape index (κ2) is 4.57. The molecule has 0 aliphatic carbocycles. The van der Waals surface area contributed by atoms with Gasteiger partial charge in [0.2, 0.25) is 0 Å². The molecule has 2 heterocycles. The van der Waals surface area contributed by atoms with Crippen molar-refractivity contribution in [1.82, 2.24) is 4.98 Å². The van der Waals surface area contributed by atoms with Gasteiger partial charge in [-0.05, 0) is 38.6 Å². The zero-order valence-corrected chi connectivity index (χ0v) is 10.3. The quantitative estimate of drug-likeness (QED) is 0.777. The number of aromatic nitrogens is 1. The Hall–Kier alpha value is -1.84. The van der Waals surface area contributed by atoms with Crippen LogP contribution in [0.2, 0.25) is 0 Å². The molecule has 3 N–H and O–H groups in total. The van der Waals surface area contributed by atoms with E-state index in [9.17, 15) is 0 Å². The number of nitrogens with one attached hydrogen (secondary N) is 1. The Kier molecular flexibility index (Phi) is 3.13. The molecule has 0 saturated heterocycles. The maximum absolute atomic E-state index is 7.96. The summed E-state index contributed by atoms with van der Waals surface area (Å²) in [5, 5.41) is 7.96. The van der Waals surface area contributed by atoms with Gasteiger partial charge in [-0.25, -0.2) is 4.98 Å². The van der Waals surface area contributed by atoms with Crippen LogP contribution in [0.3, 0.4) is 0 Å². The second-order valence-electron chi connectivity index (χ2n) is 4.47. The van der Waals surface area contributed by atoms with E-state index in [0.29, 0.717) is 11.8 Å². The second-order valence-corrected chi connectivity index (χ2v) is 4.47. The predicted octanol–water partition coefficient (Wildman–Crippen LogP) is 1.69. The summed E-state index contributed by atoms with van der Waals surface area (Å²) in [7, 11) is 0. The fraction of sp³-hybridized carbons (Fsp3) is 0.385. The van der Waals surface area contributed by atoms with Gasteiger partial charge >= 0.3 is 0 Å². The van der Waals surface area contributed by atoms with E-state index in [1.807, 2.05) is 6.07 Å². The molecule has 0 fully saturated rings. The standard InChI is InChI=1S/C13H18N4/c1-9(2)17-8-5-11-10(12(15)3-6-14)4-7-16-13(11)17/h3-4,6-7,9,15H,5,8,14H2,1-2H3/b6-3-,15-12?. The largest absolute Gasteiger partial charge is 0.405 e. The van der Waals surface area contributed by atoms with Crippen LogP contribution in [-0.2, 0) is 6.42 Å². The van der Waals surface area contributed by atoms with Gasteiger partial charge in [0, 0.05) is 29.9 Å². The van der Waals surface area contributed by atoms with Gasteiger partial charge in [-0.15, -0.1) is 0 Å². The predicted molar refractivity (Wildman–Crippen MR) is 70.6 cm³/mol. The minimum absolute atomic E-state index is 0.443. The van der Waals surface area contributed by atoms with Gasteiger partial charge in [0.1, 0.15) is 5.82 Å². The highest BCUT2D eigenvalue weighted by molar-refractivity contribution is 6.08. The summed E-state index contributed by atoms with van der Waals surface area (Å²) >= 11 is 0. The van der Waals surface area contributed by atoms with E-state index >= 15 is 0 Å². The fourth-order valence-electron chi connectivity index (χ4n) is 2.25. The van der Waals surface area contributed by atoms with Crippen LogP contribution in [0.1, 0.15) is 25.0 Å². The van der Waals surface area contributed by atoms with Crippen molar-refractivity contribution in [2.45, 2.75) is 26.3 Å². The molecule has 1 aromatic heterocycles. The molecule has 0 aromatic carbocycles. The molecule has 0 spiro atoms. The molecule has 0 amide bonds. The molecule has 17 heavy (non-hydrogen) atoms. The van der Waals surface area contributed by atoms with Crippen LogP contribution in [-0.4, -0.2) is 23.3 Å². The zero-order valence-electron chi connectivity index (χ0n) is 10.3. The Bertz CT molecular complexity index is 462. The minimum Gasteiger partial charge on any atom is -0.405 e. The topological polar surface area (TPSA) is 66.0 Å². The molecule has 1 aliphatic rings. The van der Waals surface area contributed by atoms with E-state index in [1.54, 1.807) is 12.3 Å². The summed E-state index contributed by atoms with van der Waals surface area (Å²) in [6, 6.07) is 2.34. The summed E-state index contributed by atoms with van der Waals surface area (Å²) < 4.78 is 0. The lowest BCUT2D eigenvalue weighted by Crippen LogP contribution is -2.29. The molecule has 4 heteroatoms. The summed E-state index contributed by atoms with van der Waals surface area (Å²) in [6.07, 6.45) is 5.75. The van der Waals surface area contributed by atoms with Gasteiger partial charge < -0.3 is 16.0 Å². The van der Waals surface area contributed by atoms with Crippen LogP contribution in [0.15, 0.2) is 24.5 Å². The van der Waals surface area contributed by atoms with E-state index in [-0.39, 0.29) is 0 Å². The lowest BCUT2D eigenvalue weighted by atomic mass is 10.0. The van der Waals surface area contributed by atoms with Crippen molar-refractivity contribution in [2.75, 3.05) is 11.4 Å². The third kappa shape index (κ3) is 2.02. The third-order valence-electron chi connectivity index (χ3n) is 3.08. The highest BCUT2D eigenvalue weighted by Gasteiger charge is 2.25. The number of rotatable bonds is 3. The van der Waals surface area contributed by atoms with Crippen LogP contribution >= 0.6 is 0 Å². The van der Waals surface area contributed by atoms with Crippen LogP contribution in [0.4, 0.5) is 5.82 Å². The van der Waals surface area contributed by atoms with Gasteiger partial charge in [-0.3, -0.25) is 0 Å². The average Bonchev–Trinajstić information content (AvgIpc) is 2.72. The fourth-order valence-corrected chi connectivity index (χ4v) is 2.25. The lowest BCUT2D eigenvalue weighted by molar-refractivity contribution is 0.703. The van der Waals surface area contributed by atoms with E-state index in [0.717, 1.165) is 24.3 Å². The molecule has 4 nitrogen and oxygen atoms in total. The monoisotopic (exact) mass is 230 g/mol. The first kappa shape index (κ1) is 11.6. The maximum Gasteiger partial charge on any atom is 0.132 e. The molecule has 0 unspecified atom stereocenters. The summed E-state index contributed by atoms with van der Waals surface area (Å²) in [4.78, 5) is 6.72. The minimum atomic E-state index is 0.443. The first-order valence-electron chi connectivity index (χ1n) is 5.87. The van der Waals surface area contributed by atoms with E-state index < -0.39 is 0 Å². The number of hydrogen-bond acceptors (Lipinski definition) is 4. The van der Waals surface area contributed by atoms with Crippen molar-refractivity contribution in [3.05, 3.63) is 35.7 Å². The van der Waals surface area contributed by atoms with Gasteiger partial charge in [-0.2, -0.15) is 0 Å². The summed E-state index contributed by atoms with van der Waals surface area (Å²) in [6.45, 7) is 5.31. The van der Waals surface area contributed by atoms with Crippen molar-refractivity contribution in [2.24, 2.45) is 5.73 Å². The van der Waals surface area contributed by atoms with E-state index in [4.69, 9.17) is 11.1 Å². The number of pyridine rings is 1. The number of allylic oxidation sites excluding steroid dienone is 1. The normalized spacial score (nSPS) is 14.6. The Labute approximate surface area is 102 Å². The van der Waals surface area contributed by atoms with Crippen LogP contribution < -0.4 is 10.6 Å². The van der Waals surface area contributed by atoms with Crippen molar-refractivity contribution >= 4 is 11.5 Å². The first-order valence-corrected chi connectivity index (χ1v) is 5.87. The molecule has 0 atom stereocenters. The number of nitrogens with two attached hydrogens (primary N) is 1. The highest BCUT2D eigenvalue weighted by atomic mass is 15.2. The number of fused-ring (bicyclic) bond motifs is 1. The Morgan fingerprint density at radius 1 is 1.59 bits per heavy atom. The van der Waals surface area contributed by atoms with Gasteiger partial charge in [0.25, 0.3) is 0 Å². The number of anilines is 1. The molecular weight excluding hydrogens is 212 g/mol. The van der Waals surface area contributed by atoms with Gasteiger partial charge in [0.15, 0.2) is 0 Å². The molecule has 90 valence electrons. The van der Waals surface area contributed by atoms with Crippen LogP contribution in [0, 0.1) is 5.41 Å². The zero-order chi connectivity index (χ0) is 12.4. The summed E-state index contributed by atoms with van der Waals surface area (Å²) in [5.41, 5.74) is 7.91. The number of hydrogen-bond donors (Lipinski definition) is 2. The molecule has 2 rings (SSSR count). The Morgan fingerprint density at radius 3 is 3.00 bits per heavy atom. The SMILES string of the molecule is CC(C)N1CCc2c(C(=N)/C=C\N)ccnc21. The highest BCUT2D eigenvalue weighted by Crippen LogP contribution is 2.30. The molecule has 1 aliphatic heterocycles. The first-order chi connectivity index (χ1) is 8.15.